The van der Waals surface area contributed by atoms with Crippen LogP contribution in [0.2, 0.25) is 0 Å². The van der Waals surface area contributed by atoms with Crippen molar-refractivity contribution in [3.63, 3.8) is 0 Å². The maximum absolute atomic E-state index is 14.2. The van der Waals surface area contributed by atoms with E-state index < -0.39 is 23.6 Å². The summed E-state index contributed by atoms with van der Waals surface area (Å²) in [5, 5.41) is 4.35. The van der Waals surface area contributed by atoms with Gasteiger partial charge in [-0.05, 0) is 76.9 Å². The first-order valence-electron chi connectivity index (χ1n) is 12.2. The van der Waals surface area contributed by atoms with Crippen LogP contribution < -0.4 is 16.4 Å². The molecule has 0 aliphatic carbocycles. The van der Waals surface area contributed by atoms with Crippen molar-refractivity contribution in [3.8, 4) is 11.1 Å². The van der Waals surface area contributed by atoms with Crippen LogP contribution in [0.15, 0.2) is 85.2 Å². The van der Waals surface area contributed by atoms with Crippen molar-refractivity contribution in [1.29, 1.82) is 0 Å². The second-order valence-electron chi connectivity index (χ2n) is 9.28. The molecule has 2 atom stereocenters. The SMILES string of the molecule is NC(=O)c1cccc(-c2cccnc2C(Cc2cc(F)cc(P)c2)NC(=O)Cc2c[nH]c3ccc(F)cc23)c1. The van der Waals surface area contributed by atoms with Crippen molar-refractivity contribution < 1.29 is 18.4 Å². The zero-order valence-corrected chi connectivity index (χ0v) is 21.9. The van der Waals surface area contributed by atoms with Crippen LogP contribution in [0, 0.1) is 11.6 Å². The van der Waals surface area contributed by atoms with Crippen LogP contribution >= 0.6 is 9.24 Å². The van der Waals surface area contributed by atoms with E-state index >= 15 is 0 Å². The second-order valence-corrected chi connectivity index (χ2v) is 9.95. The zero-order valence-electron chi connectivity index (χ0n) is 20.7. The minimum Gasteiger partial charge on any atom is -0.366 e. The largest absolute Gasteiger partial charge is 0.366 e. The van der Waals surface area contributed by atoms with Gasteiger partial charge < -0.3 is 16.0 Å². The number of primary amides is 1. The summed E-state index contributed by atoms with van der Waals surface area (Å²) < 4.78 is 28.1. The predicted molar refractivity (Wildman–Crippen MR) is 150 cm³/mol. The van der Waals surface area contributed by atoms with E-state index in [4.69, 9.17) is 5.73 Å². The van der Waals surface area contributed by atoms with Gasteiger partial charge in [-0.15, -0.1) is 9.24 Å². The van der Waals surface area contributed by atoms with E-state index in [1.165, 1.54) is 24.3 Å². The molecular weight excluding hydrogens is 517 g/mol. The van der Waals surface area contributed by atoms with Gasteiger partial charge in [0.15, 0.2) is 0 Å². The molecule has 9 heteroatoms. The lowest BCUT2D eigenvalue weighted by Crippen LogP contribution is -2.32. The number of carbonyl (C=O) groups excluding carboxylic acids is 2. The fourth-order valence-electron chi connectivity index (χ4n) is 4.74. The number of hydrogen-bond donors (Lipinski definition) is 3. The van der Waals surface area contributed by atoms with Gasteiger partial charge in [0.25, 0.3) is 0 Å². The Morgan fingerprint density at radius 1 is 1.00 bits per heavy atom. The molecule has 5 rings (SSSR count). The Morgan fingerprint density at radius 3 is 2.64 bits per heavy atom. The summed E-state index contributed by atoms with van der Waals surface area (Å²) in [5.41, 5.74) is 9.82. The van der Waals surface area contributed by atoms with Gasteiger partial charge in [-0.2, -0.15) is 0 Å². The lowest BCUT2D eigenvalue weighted by Gasteiger charge is -2.22. The number of halogens is 2. The van der Waals surface area contributed by atoms with Crippen molar-refractivity contribution in [2.75, 3.05) is 0 Å². The summed E-state index contributed by atoms with van der Waals surface area (Å²) in [7, 11) is 2.48. The topological polar surface area (TPSA) is 101 Å². The van der Waals surface area contributed by atoms with E-state index in [9.17, 15) is 18.4 Å². The molecule has 4 N–H and O–H groups in total. The first-order chi connectivity index (χ1) is 18.8. The molecule has 3 aromatic carbocycles. The van der Waals surface area contributed by atoms with Gasteiger partial charge in [0.05, 0.1) is 18.2 Å². The zero-order chi connectivity index (χ0) is 27.5. The molecule has 0 saturated heterocycles. The summed E-state index contributed by atoms with van der Waals surface area (Å²) in [4.78, 5) is 32.8. The summed E-state index contributed by atoms with van der Waals surface area (Å²) in [6.07, 6.45) is 3.56. The number of nitrogens with zero attached hydrogens (tertiary/aromatic N) is 1. The third kappa shape index (κ3) is 6.02. The van der Waals surface area contributed by atoms with E-state index in [2.05, 4.69) is 24.5 Å². The van der Waals surface area contributed by atoms with E-state index in [0.717, 1.165) is 5.52 Å². The number of fused-ring (bicyclic) bond motifs is 1. The summed E-state index contributed by atoms with van der Waals surface area (Å²) in [5.74, 6) is -1.65. The number of hydrogen-bond acceptors (Lipinski definition) is 3. The van der Waals surface area contributed by atoms with Crippen LogP contribution in [0.5, 0.6) is 0 Å². The average molecular weight is 543 g/mol. The number of nitrogens with one attached hydrogen (secondary N) is 2. The van der Waals surface area contributed by atoms with Crippen molar-refractivity contribution in [1.82, 2.24) is 15.3 Å². The smallest absolute Gasteiger partial charge is 0.248 e. The Labute approximate surface area is 225 Å². The number of amides is 2. The van der Waals surface area contributed by atoms with E-state index in [1.807, 2.05) is 18.2 Å². The minimum absolute atomic E-state index is 0.00267. The molecule has 2 heterocycles. The van der Waals surface area contributed by atoms with E-state index in [-0.39, 0.29) is 18.7 Å². The van der Waals surface area contributed by atoms with Gasteiger partial charge in [-0.25, -0.2) is 8.78 Å². The molecule has 2 unspecified atom stereocenters. The van der Waals surface area contributed by atoms with Crippen molar-refractivity contribution in [2.24, 2.45) is 5.73 Å². The molecule has 0 aliphatic rings. The molecule has 2 amide bonds. The first-order valence-corrected chi connectivity index (χ1v) is 12.8. The molecule has 2 aromatic heterocycles. The number of nitrogens with two attached hydrogens (primary N) is 1. The van der Waals surface area contributed by atoms with Gasteiger partial charge in [0.1, 0.15) is 11.6 Å². The highest BCUT2D eigenvalue weighted by atomic mass is 31.0. The molecule has 0 radical (unpaired) electrons. The lowest BCUT2D eigenvalue weighted by molar-refractivity contribution is -0.121. The van der Waals surface area contributed by atoms with Crippen molar-refractivity contribution >= 4 is 37.3 Å². The highest BCUT2D eigenvalue weighted by molar-refractivity contribution is 7.27. The number of carbonyl (C=O) groups is 2. The van der Waals surface area contributed by atoms with Crippen LogP contribution in [-0.4, -0.2) is 21.8 Å². The maximum atomic E-state index is 14.2. The molecule has 196 valence electrons. The average Bonchev–Trinajstić information content (AvgIpc) is 3.29. The van der Waals surface area contributed by atoms with Gasteiger partial charge in [-0.1, -0.05) is 24.3 Å². The molecule has 0 fully saturated rings. The fraction of sp³-hybridized carbons (Fsp3) is 0.100. The summed E-state index contributed by atoms with van der Waals surface area (Å²) in [6.45, 7) is 0. The predicted octanol–water partition coefficient (Wildman–Crippen LogP) is 4.75. The number of aromatic nitrogens is 2. The monoisotopic (exact) mass is 542 g/mol. The number of aromatic amines is 1. The van der Waals surface area contributed by atoms with Crippen LogP contribution in [0.1, 0.15) is 33.2 Å². The van der Waals surface area contributed by atoms with Crippen LogP contribution in [0.4, 0.5) is 8.78 Å². The quantitative estimate of drug-likeness (QED) is 0.247. The summed E-state index contributed by atoms with van der Waals surface area (Å²) in [6, 6.07) is 18.8. The lowest BCUT2D eigenvalue weighted by atomic mass is 9.94. The Hall–Kier alpha value is -4.42. The Morgan fingerprint density at radius 2 is 1.85 bits per heavy atom. The molecular formula is C30H25F2N4O2P. The first kappa shape index (κ1) is 26.2. The number of benzene rings is 3. The number of pyridine rings is 1. The highest BCUT2D eigenvalue weighted by Gasteiger charge is 2.22. The Kier molecular flexibility index (Phi) is 7.48. The van der Waals surface area contributed by atoms with Crippen molar-refractivity contribution in [3.05, 3.63) is 119 Å². The standard InChI is InChI=1S/C30H25F2N4O2P/c31-21-6-7-26-25(15-21)20(16-35-26)13-28(37)36-27(11-17-9-22(32)14-23(39)10-17)29-24(5-2-8-34-29)18-3-1-4-19(12-18)30(33)38/h1-10,12,14-16,27,35H,11,13,39H2,(H2,33,38)(H,36,37). The van der Waals surface area contributed by atoms with Gasteiger partial charge in [0.2, 0.25) is 11.8 Å². The van der Waals surface area contributed by atoms with E-state index in [1.54, 1.807) is 42.7 Å². The Balaban J connectivity index is 1.52. The van der Waals surface area contributed by atoms with Crippen molar-refractivity contribution in [2.45, 2.75) is 18.9 Å². The number of rotatable bonds is 8. The normalized spacial score (nSPS) is 11.9. The fourth-order valence-corrected chi connectivity index (χ4v) is 5.11. The third-order valence-corrected chi connectivity index (χ3v) is 6.80. The van der Waals surface area contributed by atoms with Crippen LogP contribution in [-0.2, 0) is 17.6 Å². The molecule has 0 bridgehead atoms. The third-order valence-electron chi connectivity index (χ3n) is 6.46. The van der Waals surface area contributed by atoms with Gasteiger partial charge in [-0.3, -0.25) is 14.6 Å². The minimum atomic E-state index is -0.640. The molecule has 5 aromatic rings. The Bertz CT molecular complexity index is 1680. The second kappa shape index (κ2) is 11.1. The highest BCUT2D eigenvalue weighted by Crippen LogP contribution is 2.30. The number of H-pyrrole nitrogens is 1. The van der Waals surface area contributed by atoms with Crippen LogP contribution in [0.3, 0.4) is 0 Å². The van der Waals surface area contributed by atoms with Gasteiger partial charge in [0, 0.05) is 34.4 Å². The molecule has 0 saturated carbocycles. The molecule has 0 aliphatic heterocycles. The summed E-state index contributed by atoms with van der Waals surface area (Å²) >= 11 is 0. The molecule has 0 spiro atoms. The maximum Gasteiger partial charge on any atom is 0.248 e. The van der Waals surface area contributed by atoms with Gasteiger partial charge >= 0.3 is 0 Å². The molecule has 39 heavy (non-hydrogen) atoms. The van der Waals surface area contributed by atoms with E-state index in [0.29, 0.717) is 44.2 Å². The molecule has 6 nitrogen and oxygen atoms in total. The van der Waals surface area contributed by atoms with Crippen LogP contribution in [0.25, 0.3) is 22.0 Å².